The van der Waals surface area contributed by atoms with E-state index < -0.39 is 11.9 Å². The van der Waals surface area contributed by atoms with Crippen LogP contribution in [-0.4, -0.2) is 36.9 Å². The van der Waals surface area contributed by atoms with Gasteiger partial charge in [0.2, 0.25) is 0 Å². The summed E-state index contributed by atoms with van der Waals surface area (Å²) in [5, 5.41) is 5.63. The molecule has 2 aromatic carbocycles. The lowest BCUT2D eigenvalue weighted by molar-refractivity contribution is 0.1000. The van der Waals surface area contributed by atoms with Crippen LogP contribution in [0, 0.1) is 0 Å². The highest BCUT2D eigenvalue weighted by atomic mass is 16.2. The normalized spacial score (nSPS) is 10.5. The van der Waals surface area contributed by atoms with Crippen LogP contribution in [0.2, 0.25) is 0 Å². The Balaban J connectivity index is 1.93. The van der Waals surface area contributed by atoms with Gasteiger partial charge in [-0.3, -0.25) is 14.9 Å². The number of anilines is 3. The summed E-state index contributed by atoms with van der Waals surface area (Å²) in [6, 6.07) is 11.3. The number of nitrogens with two attached hydrogens (primary N) is 2. The van der Waals surface area contributed by atoms with Crippen LogP contribution in [0.25, 0.3) is 10.9 Å². The molecule has 0 atom stereocenters. The molecule has 9 heteroatoms. The van der Waals surface area contributed by atoms with Gasteiger partial charge in [-0.15, -0.1) is 0 Å². The van der Waals surface area contributed by atoms with Crippen LogP contribution in [-0.2, 0) is 0 Å². The van der Waals surface area contributed by atoms with Crippen molar-refractivity contribution in [3.63, 3.8) is 0 Å². The molecule has 28 heavy (non-hydrogen) atoms. The first-order valence-corrected chi connectivity index (χ1v) is 8.37. The molecule has 1 heterocycles. The molecule has 0 aliphatic rings. The van der Waals surface area contributed by atoms with Gasteiger partial charge in [-0.1, -0.05) is 12.1 Å². The Kier molecular flexibility index (Phi) is 4.90. The van der Waals surface area contributed by atoms with Gasteiger partial charge in [0.25, 0.3) is 11.8 Å². The SMILES string of the molecule is CN(C)c1cccc(NC(=O)c2ccc3c(C(N)=O)c(NC(N)=O)[nH]c3c2)c1. The zero-order chi connectivity index (χ0) is 20.4. The fraction of sp³-hybridized carbons (Fsp3) is 0.105. The number of nitrogens with one attached hydrogen (secondary N) is 3. The fourth-order valence-electron chi connectivity index (χ4n) is 2.88. The molecule has 0 saturated carbocycles. The van der Waals surface area contributed by atoms with Gasteiger partial charge in [0.15, 0.2) is 0 Å². The Bertz CT molecular complexity index is 1090. The molecular weight excluding hydrogens is 360 g/mol. The van der Waals surface area contributed by atoms with Gasteiger partial charge in [0.1, 0.15) is 5.82 Å². The van der Waals surface area contributed by atoms with E-state index in [1.54, 1.807) is 24.3 Å². The molecule has 0 fully saturated rings. The summed E-state index contributed by atoms with van der Waals surface area (Å²) in [6.45, 7) is 0. The Labute approximate surface area is 160 Å². The highest BCUT2D eigenvalue weighted by Crippen LogP contribution is 2.27. The van der Waals surface area contributed by atoms with E-state index in [1.807, 2.05) is 37.2 Å². The van der Waals surface area contributed by atoms with Gasteiger partial charge in [-0.25, -0.2) is 4.79 Å². The van der Waals surface area contributed by atoms with E-state index in [2.05, 4.69) is 15.6 Å². The first kappa shape index (κ1) is 18.8. The lowest BCUT2D eigenvalue weighted by Gasteiger charge is -2.14. The number of amides is 4. The molecule has 3 rings (SSSR count). The zero-order valence-corrected chi connectivity index (χ0v) is 15.4. The van der Waals surface area contributed by atoms with Crippen LogP contribution in [0.3, 0.4) is 0 Å². The molecule has 144 valence electrons. The van der Waals surface area contributed by atoms with Gasteiger partial charge in [-0.2, -0.15) is 0 Å². The van der Waals surface area contributed by atoms with E-state index in [0.29, 0.717) is 22.2 Å². The number of primary amides is 2. The molecule has 1 aromatic heterocycles. The molecule has 0 aliphatic carbocycles. The number of aromatic amines is 1. The summed E-state index contributed by atoms with van der Waals surface area (Å²) >= 11 is 0. The van der Waals surface area contributed by atoms with Crippen molar-refractivity contribution in [3.05, 3.63) is 53.6 Å². The number of fused-ring (bicyclic) bond motifs is 1. The second kappa shape index (κ2) is 7.31. The van der Waals surface area contributed by atoms with E-state index in [9.17, 15) is 14.4 Å². The van der Waals surface area contributed by atoms with Gasteiger partial charge in [0, 0.05) is 41.9 Å². The molecule has 0 saturated heterocycles. The second-order valence-corrected chi connectivity index (χ2v) is 6.39. The van der Waals surface area contributed by atoms with E-state index in [4.69, 9.17) is 11.5 Å². The van der Waals surface area contributed by atoms with Crippen molar-refractivity contribution >= 4 is 45.9 Å². The van der Waals surface area contributed by atoms with Gasteiger partial charge in [-0.05, 0) is 30.3 Å². The third kappa shape index (κ3) is 3.73. The number of hydrogen-bond donors (Lipinski definition) is 5. The van der Waals surface area contributed by atoms with E-state index >= 15 is 0 Å². The van der Waals surface area contributed by atoms with Crippen LogP contribution in [0.5, 0.6) is 0 Å². The number of benzene rings is 2. The number of nitrogens with zero attached hydrogens (tertiary/aromatic N) is 1. The third-order valence-electron chi connectivity index (χ3n) is 4.18. The minimum Gasteiger partial charge on any atom is -0.378 e. The number of H-pyrrole nitrogens is 1. The van der Waals surface area contributed by atoms with E-state index in [0.717, 1.165) is 5.69 Å². The summed E-state index contributed by atoms with van der Waals surface area (Å²) in [5.74, 6) is -0.962. The Morgan fingerprint density at radius 3 is 2.39 bits per heavy atom. The Morgan fingerprint density at radius 1 is 1.00 bits per heavy atom. The number of urea groups is 1. The molecule has 4 amide bonds. The monoisotopic (exact) mass is 380 g/mol. The van der Waals surface area contributed by atoms with Crippen LogP contribution < -0.4 is 27.0 Å². The molecule has 0 bridgehead atoms. The predicted octanol–water partition coefficient (Wildman–Crippen LogP) is 2.08. The van der Waals surface area contributed by atoms with E-state index in [-0.39, 0.29) is 17.3 Å². The maximum absolute atomic E-state index is 12.6. The van der Waals surface area contributed by atoms with Crippen LogP contribution >= 0.6 is 0 Å². The van der Waals surface area contributed by atoms with Crippen molar-refractivity contribution in [2.24, 2.45) is 11.5 Å². The maximum atomic E-state index is 12.6. The fourth-order valence-corrected chi connectivity index (χ4v) is 2.88. The summed E-state index contributed by atoms with van der Waals surface area (Å²) in [4.78, 5) is 40.3. The largest absolute Gasteiger partial charge is 0.378 e. The molecule has 7 N–H and O–H groups in total. The van der Waals surface area contributed by atoms with Crippen molar-refractivity contribution in [3.8, 4) is 0 Å². The minimum absolute atomic E-state index is 0.0891. The zero-order valence-electron chi connectivity index (χ0n) is 15.4. The molecule has 3 aromatic rings. The number of aromatic nitrogens is 1. The van der Waals surface area contributed by atoms with Crippen molar-refractivity contribution < 1.29 is 14.4 Å². The minimum atomic E-state index is -0.840. The number of rotatable bonds is 5. The van der Waals surface area contributed by atoms with Gasteiger partial charge >= 0.3 is 6.03 Å². The molecule has 9 nitrogen and oxygen atoms in total. The maximum Gasteiger partial charge on any atom is 0.317 e. The van der Waals surface area contributed by atoms with E-state index in [1.165, 1.54) is 0 Å². The molecule has 0 radical (unpaired) electrons. The van der Waals surface area contributed by atoms with Crippen LogP contribution in [0.1, 0.15) is 20.7 Å². The Morgan fingerprint density at radius 2 is 1.75 bits per heavy atom. The highest BCUT2D eigenvalue weighted by Gasteiger charge is 2.18. The summed E-state index contributed by atoms with van der Waals surface area (Å²) in [6.07, 6.45) is 0. The van der Waals surface area contributed by atoms with Crippen LogP contribution in [0.4, 0.5) is 22.0 Å². The molecule has 0 spiro atoms. The smallest absolute Gasteiger partial charge is 0.317 e. The number of carbonyl (C=O) groups is 3. The van der Waals surface area contributed by atoms with Crippen molar-refractivity contribution in [1.82, 2.24) is 4.98 Å². The van der Waals surface area contributed by atoms with Crippen LogP contribution in [0.15, 0.2) is 42.5 Å². The first-order chi connectivity index (χ1) is 13.3. The Hall–Kier alpha value is -4.01. The van der Waals surface area contributed by atoms with Crippen molar-refractivity contribution in [2.45, 2.75) is 0 Å². The topological polar surface area (TPSA) is 146 Å². The summed E-state index contributed by atoms with van der Waals surface area (Å²) in [7, 11) is 3.82. The lowest BCUT2D eigenvalue weighted by Crippen LogP contribution is -2.22. The molecule has 0 unspecified atom stereocenters. The quantitative estimate of drug-likeness (QED) is 0.461. The predicted molar refractivity (Wildman–Crippen MR) is 109 cm³/mol. The second-order valence-electron chi connectivity index (χ2n) is 6.39. The standard InChI is InChI=1S/C19H20N6O3/c1-25(2)12-5-3-4-11(9-12)22-18(27)10-6-7-13-14(8-10)23-17(24-19(21)28)15(13)16(20)26/h3-9,23H,1-2H3,(H2,20,26)(H,22,27)(H3,21,24,28). The average molecular weight is 380 g/mol. The summed E-state index contributed by atoms with van der Waals surface area (Å²) in [5.41, 5.74) is 13.1. The number of hydrogen-bond acceptors (Lipinski definition) is 4. The van der Waals surface area contributed by atoms with Gasteiger partial charge < -0.3 is 26.7 Å². The van der Waals surface area contributed by atoms with Crippen molar-refractivity contribution in [2.75, 3.05) is 29.6 Å². The lowest BCUT2D eigenvalue weighted by atomic mass is 10.1. The average Bonchev–Trinajstić information content (AvgIpc) is 2.98. The molecular formula is C19H20N6O3. The summed E-state index contributed by atoms with van der Waals surface area (Å²) < 4.78 is 0. The van der Waals surface area contributed by atoms with Crippen molar-refractivity contribution in [1.29, 1.82) is 0 Å². The third-order valence-corrected chi connectivity index (χ3v) is 4.18. The highest BCUT2D eigenvalue weighted by molar-refractivity contribution is 6.14. The van der Waals surface area contributed by atoms with Gasteiger partial charge in [0.05, 0.1) is 5.56 Å². The first-order valence-electron chi connectivity index (χ1n) is 8.37. The number of carbonyl (C=O) groups excluding carboxylic acids is 3. The molecule has 0 aliphatic heterocycles.